The number of carboxylic acids is 1. The minimum atomic E-state index is -0.969. The number of ether oxygens (including phenoxy) is 1. The van der Waals surface area contributed by atoms with Crippen molar-refractivity contribution in [3.8, 4) is 0 Å². The molecule has 1 atom stereocenters. The van der Waals surface area contributed by atoms with Crippen LogP contribution >= 0.6 is 0 Å². The Morgan fingerprint density at radius 2 is 2.47 bits per heavy atom. The van der Waals surface area contributed by atoms with Gasteiger partial charge in [-0.2, -0.15) is 5.10 Å². The standard InChI is InChI=1S/C11H17N3O3/c1-13-5-8(10(12-13)11(15)16)6-14-4-3-9(7-14)17-2/h5,9H,3-4,6-7H2,1-2H3,(H,15,16). The molecule has 6 nitrogen and oxygen atoms in total. The number of methoxy groups -OCH3 is 1. The fourth-order valence-corrected chi connectivity index (χ4v) is 2.21. The Hall–Kier alpha value is -1.40. The van der Waals surface area contributed by atoms with Gasteiger partial charge < -0.3 is 9.84 Å². The van der Waals surface area contributed by atoms with Crippen LogP contribution < -0.4 is 0 Å². The first-order valence-electron chi connectivity index (χ1n) is 5.61. The molecule has 1 saturated heterocycles. The van der Waals surface area contributed by atoms with Crippen LogP contribution in [-0.4, -0.2) is 52.1 Å². The molecule has 0 saturated carbocycles. The molecule has 0 amide bonds. The number of likely N-dealkylation sites (tertiary alicyclic amines) is 1. The molecule has 0 aromatic carbocycles. The van der Waals surface area contributed by atoms with E-state index in [4.69, 9.17) is 9.84 Å². The first kappa shape index (κ1) is 12.1. The number of carbonyl (C=O) groups is 1. The highest BCUT2D eigenvalue weighted by Gasteiger charge is 2.24. The van der Waals surface area contributed by atoms with Gasteiger partial charge in [-0.25, -0.2) is 4.79 Å². The largest absolute Gasteiger partial charge is 0.476 e. The summed E-state index contributed by atoms with van der Waals surface area (Å²) in [4.78, 5) is 13.2. The Labute approximate surface area is 99.8 Å². The number of hydrogen-bond acceptors (Lipinski definition) is 4. The molecule has 1 aromatic rings. The van der Waals surface area contributed by atoms with Crippen molar-refractivity contribution in [1.29, 1.82) is 0 Å². The number of carboxylic acid groups (broad SMARTS) is 1. The molecule has 1 unspecified atom stereocenters. The van der Waals surface area contributed by atoms with Crippen molar-refractivity contribution < 1.29 is 14.6 Å². The summed E-state index contributed by atoms with van der Waals surface area (Å²) in [7, 11) is 3.44. The Morgan fingerprint density at radius 3 is 3.06 bits per heavy atom. The lowest BCUT2D eigenvalue weighted by atomic mass is 10.2. The van der Waals surface area contributed by atoms with Crippen molar-refractivity contribution in [3.05, 3.63) is 17.5 Å². The molecular formula is C11H17N3O3. The van der Waals surface area contributed by atoms with Gasteiger partial charge in [0.05, 0.1) is 6.10 Å². The summed E-state index contributed by atoms with van der Waals surface area (Å²) in [5.41, 5.74) is 0.908. The highest BCUT2D eigenvalue weighted by Crippen LogP contribution is 2.17. The molecule has 0 aliphatic carbocycles. The number of hydrogen-bond donors (Lipinski definition) is 1. The second-order valence-electron chi connectivity index (χ2n) is 4.36. The lowest BCUT2D eigenvalue weighted by molar-refractivity contribution is 0.0687. The molecule has 0 radical (unpaired) electrons. The van der Waals surface area contributed by atoms with Crippen LogP contribution in [0.4, 0.5) is 0 Å². The minimum absolute atomic E-state index is 0.147. The van der Waals surface area contributed by atoms with E-state index in [0.29, 0.717) is 6.54 Å². The predicted octanol–water partition coefficient (Wildman–Crippen LogP) is 0.339. The summed E-state index contributed by atoms with van der Waals surface area (Å²) < 4.78 is 6.83. The average molecular weight is 239 g/mol. The van der Waals surface area contributed by atoms with Crippen molar-refractivity contribution >= 4 is 5.97 Å². The summed E-state index contributed by atoms with van der Waals surface area (Å²) in [6.45, 7) is 2.41. The van der Waals surface area contributed by atoms with E-state index in [1.807, 2.05) is 0 Å². The molecule has 2 heterocycles. The van der Waals surface area contributed by atoms with E-state index < -0.39 is 5.97 Å². The fourth-order valence-electron chi connectivity index (χ4n) is 2.21. The predicted molar refractivity (Wildman–Crippen MR) is 60.9 cm³/mol. The Kier molecular flexibility index (Phi) is 3.44. The van der Waals surface area contributed by atoms with Gasteiger partial charge in [0.15, 0.2) is 5.69 Å². The van der Waals surface area contributed by atoms with Gasteiger partial charge in [0.1, 0.15) is 0 Å². The smallest absolute Gasteiger partial charge is 0.356 e. The quantitative estimate of drug-likeness (QED) is 0.820. The zero-order valence-electron chi connectivity index (χ0n) is 10.1. The summed E-state index contributed by atoms with van der Waals surface area (Å²) in [5, 5.41) is 13.0. The summed E-state index contributed by atoms with van der Waals surface area (Å²) in [5.74, 6) is -0.969. The van der Waals surface area contributed by atoms with Crippen LogP contribution in [0, 0.1) is 0 Å². The van der Waals surface area contributed by atoms with Crippen LogP contribution in [0.1, 0.15) is 22.5 Å². The van der Waals surface area contributed by atoms with Gasteiger partial charge in [-0.15, -0.1) is 0 Å². The zero-order valence-corrected chi connectivity index (χ0v) is 10.1. The monoisotopic (exact) mass is 239 g/mol. The molecule has 0 bridgehead atoms. The number of rotatable bonds is 4. The van der Waals surface area contributed by atoms with Crippen molar-refractivity contribution in [2.45, 2.75) is 19.1 Å². The molecule has 17 heavy (non-hydrogen) atoms. The van der Waals surface area contributed by atoms with Gasteiger partial charge >= 0.3 is 5.97 Å². The molecule has 1 N–H and O–H groups in total. The van der Waals surface area contributed by atoms with Gasteiger partial charge in [0.25, 0.3) is 0 Å². The Morgan fingerprint density at radius 1 is 1.71 bits per heavy atom. The molecule has 1 aliphatic heterocycles. The van der Waals surface area contributed by atoms with Gasteiger partial charge in [0, 0.05) is 45.6 Å². The number of aryl methyl sites for hydroxylation is 1. The lowest BCUT2D eigenvalue weighted by Crippen LogP contribution is -2.23. The Balaban J connectivity index is 2.06. The summed E-state index contributed by atoms with van der Waals surface area (Å²) in [6, 6.07) is 0. The van der Waals surface area contributed by atoms with Crippen LogP contribution in [0.25, 0.3) is 0 Å². The molecule has 94 valence electrons. The van der Waals surface area contributed by atoms with Gasteiger partial charge in [-0.1, -0.05) is 0 Å². The number of nitrogens with zero attached hydrogens (tertiary/aromatic N) is 3. The first-order chi connectivity index (χ1) is 8.10. The second-order valence-corrected chi connectivity index (χ2v) is 4.36. The first-order valence-corrected chi connectivity index (χ1v) is 5.61. The van der Waals surface area contributed by atoms with Gasteiger partial charge in [-0.3, -0.25) is 9.58 Å². The van der Waals surface area contributed by atoms with Crippen molar-refractivity contribution in [3.63, 3.8) is 0 Å². The van der Waals surface area contributed by atoms with E-state index in [9.17, 15) is 4.79 Å². The highest BCUT2D eigenvalue weighted by atomic mass is 16.5. The third-order valence-corrected chi connectivity index (χ3v) is 3.06. The molecule has 2 rings (SSSR count). The Bertz CT molecular complexity index is 416. The van der Waals surface area contributed by atoms with Crippen LogP contribution in [-0.2, 0) is 18.3 Å². The molecule has 1 aromatic heterocycles. The maximum Gasteiger partial charge on any atom is 0.356 e. The average Bonchev–Trinajstić information content (AvgIpc) is 2.85. The molecule has 6 heteroatoms. The topological polar surface area (TPSA) is 67.6 Å². The van der Waals surface area contributed by atoms with E-state index in [-0.39, 0.29) is 11.8 Å². The van der Waals surface area contributed by atoms with E-state index in [0.717, 1.165) is 25.1 Å². The third kappa shape index (κ3) is 2.65. The van der Waals surface area contributed by atoms with E-state index in [1.165, 1.54) is 0 Å². The van der Waals surface area contributed by atoms with Gasteiger partial charge in [-0.05, 0) is 6.42 Å². The van der Waals surface area contributed by atoms with E-state index in [2.05, 4.69) is 10.00 Å². The SMILES string of the molecule is COC1CCN(Cc2cn(C)nc2C(=O)O)C1. The van der Waals surface area contributed by atoms with Crippen LogP contribution in [0.2, 0.25) is 0 Å². The zero-order chi connectivity index (χ0) is 12.4. The van der Waals surface area contributed by atoms with Crippen molar-refractivity contribution in [1.82, 2.24) is 14.7 Å². The van der Waals surface area contributed by atoms with Crippen LogP contribution in [0.3, 0.4) is 0 Å². The summed E-state index contributed by atoms with van der Waals surface area (Å²) >= 11 is 0. The minimum Gasteiger partial charge on any atom is -0.476 e. The number of aromatic nitrogens is 2. The van der Waals surface area contributed by atoms with Gasteiger partial charge in [0.2, 0.25) is 0 Å². The normalized spacial score (nSPS) is 20.9. The van der Waals surface area contributed by atoms with Crippen LogP contribution in [0.5, 0.6) is 0 Å². The molecule has 1 fully saturated rings. The van der Waals surface area contributed by atoms with E-state index >= 15 is 0 Å². The highest BCUT2D eigenvalue weighted by molar-refractivity contribution is 5.86. The maximum atomic E-state index is 11.0. The summed E-state index contributed by atoms with van der Waals surface area (Å²) in [6.07, 6.45) is 3.03. The molecule has 0 spiro atoms. The molecule has 1 aliphatic rings. The van der Waals surface area contributed by atoms with Crippen LogP contribution in [0.15, 0.2) is 6.20 Å². The fraction of sp³-hybridized carbons (Fsp3) is 0.636. The third-order valence-electron chi connectivity index (χ3n) is 3.06. The van der Waals surface area contributed by atoms with Crippen molar-refractivity contribution in [2.24, 2.45) is 7.05 Å². The lowest BCUT2D eigenvalue weighted by Gasteiger charge is -2.14. The molecular weight excluding hydrogens is 222 g/mol. The second kappa shape index (κ2) is 4.85. The van der Waals surface area contributed by atoms with E-state index in [1.54, 1.807) is 25.0 Å². The maximum absolute atomic E-state index is 11.0. The number of aromatic carboxylic acids is 1. The van der Waals surface area contributed by atoms with Crippen molar-refractivity contribution in [2.75, 3.05) is 20.2 Å².